The highest BCUT2D eigenvalue weighted by Crippen LogP contribution is 2.12. The summed E-state index contributed by atoms with van der Waals surface area (Å²) in [5.41, 5.74) is 0. The van der Waals surface area contributed by atoms with Crippen LogP contribution < -0.4 is 5.32 Å². The lowest BCUT2D eigenvalue weighted by atomic mass is 10.1. The Kier molecular flexibility index (Phi) is 5.57. The first-order valence-electron chi connectivity index (χ1n) is 5.87. The van der Waals surface area contributed by atoms with Crippen molar-refractivity contribution >= 4 is 17.8 Å². The maximum absolute atomic E-state index is 11.6. The molecule has 0 radical (unpaired) electrons. The first kappa shape index (κ1) is 14.4. The lowest BCUT2D eigenvalue weighted by Gasteiger charge is -2.16. The van der Waals surface area contributed by atoms with Crippen LogP contribution in [0.2, 0.25) is 0 Å². The molecule has 1 saturated heterocycles. The van der Waals surface area contributed by atoms with Crippen molar-refractivity contribution in [2.45, 2.75) is 44.2 Å². The summed E-state index contributed by atoms with van der Waals surface area (Å²) in [5, 5.41) is 19.8. The number of nitrogens with one attached hydrogen (secondary N) is 1. The van der Waals surface area contributed by atoms with Gasteiger partial charge in [-0.15, -0.1) is 0 Å². The molecule has 0 saturated carbocycles. The van der Waals surface area contributed by atoms with Crippen molar-refractivity contribution in [2.24, 2.45) is 0 Å². The van der Waals surface area contributed by atoms with Gasteiger partial charge in [0.25, 0.3) is 0 Å². The quantitative estimate of drug-likeness (QED) is 0.592. The van der Waals surface area contributed by atoms with E-state index in [0.717, 1.165) is 6.42 Å². The second-order valence-corrected chi connectivity index (χ2v) is 4.19. The van der Waals surface area contributed by atoms with Gasteiger partial charge >= 0.3 is 11.9 Å². The van der Waals surface area contributed by atoms with Crippen LogP contribution in [0.4, 0.5) is 0 Å². The van der Waals surface area contributed by atoms with Crippen LogP contribution in [0.15, 0.2) is 0 Å². The van der Waals surface area contributed by atoms with Crippen LogP contribution in [-0.4, -0.2) is 46.8 Å². The fourth-order valence-corrected chi connectivity index (χ4v) is 1.76. The molecule has 0 aliphatic carbocycles. The lowest BCUT2D eigenvalue weighted by Crippen LogP contribution is -2.45. The SMILES string of the molecule is O=C(O)CCC[C@@H](NC(=O)[C@@H]1CCCO1)C(=O)O. The Bertz CT molecular complexity index is 323. The molecule has 0 aromatic carbocycles. The molecule has 1 heterocycles. The summed E-state index contributed by atoms with van der Waals surface area (Å²) in [7, 11) is 0. The summed E-state index contributed by atoms with van der Waals surface area (Å²) >= 11 is 0. The Morgan fingerprint density at radius 2 is 2.06 bits per heavy atom. The van der Waals surface area contributed by atoms with E-state index >= 15 is 0 Å². The highest BCUT2D eigenvalue weighted by atomic mass is 16.5. The first-order chi connectivity index (χ1) is 8.50. The second-order valence-electron chi connectivity index (χ2n) is 4.19. The smallest absolute Gasteiger partial charge is 0.326 e. The van der Waals surface area contributed by atoms with Gasteiger partial charge in [-0.05, 0) is 25.7 Å². The van der Waals surface area contributed by atoms with Crippen molar-refractivity contribution in [3.8, 4) is 0 Å². The second kappa shape index (κ2) is 6.95. The molecule has 1 rings (SSSR count). The predicted octanol–water partition coefficient (Wildman–Crippen LogP) is -0.0103. The molecule has 0 unspecified atom stereocenters. The summed E-state index contributed by atoms with van der Waals surface area (Å²) in [6.45, 7) is 0.509. The van der Waals surface area contributed by atoms with Crippen molar-refractivity contribution < 1.29 is 29.3 Å². The summed E-state index contributed by atoms with van der Waals surface area (Å²) in [4.78, 5) is 32.9. The topological polar surface area (TPSA) is 113 Å². The minimum atomic E-state index is -1.16. The Labute approximate surface area is 104 Å². The van der Waals surface area contributed by atoms with Crippen LogP contribution in [0.1, 0.15) is 32.1 Å². The monoisotopic (exact) mass is 259 g/mol. The van der Waals surface area contributed by atoms with Gasteiger partial charge in [0.15, 0.2) is 0 Å². The molecule has 7 heteroatoms. The van der Waals surface area contributed by atoms with Crippen LogP contribution >= 0.6 is 0 Å². The third-order valence-corrected chi connectivity index (χ3v) is 2.72. The van der Waals surface area contributed by atoms with Gasteiger partial charge in [-0.2, -0.15) is 0 Å². The molecular formula is C11H17NO6. The maximum atomic E-state index is 11.6. The Morgan fingerprint density at radius 3 is 2.56 bits per heavy atom. The summed E-state index contributed by atoms with van der Waals surface area (Å²) < 4.78 is 5.14. The van der Waals surface area contributed by atoms with Crippen molar-refractivity contribution in [1.29, 1.82) is 0 Å². The molecule has 0 aromatic heterocycles. The van der Waals surface area contributed by atoms with Crippen LogP contribution in [-0.2, 0) is 19.1 Å². The van der Waals surface area contributed by atoms with Gasteiger partial charge < -0.3 is 20.3 Å². The van der Waals surface area contributed by atoms with E-state index in [1.807, 2.05) is 0 Å². The van der Waals surface area contributed by atoms with Gasteiger partial charge in [-0.25, -0.2) is 4.79 Å². The highest BCUT2D eigenvalue weighted by Gasteiger charge is 2.27. The zero-order chi connectivity index (χ0) is 13.5. The summed E-state index contributed by atoms with van der Waals surface area (Å²) in [6, 6.07) is -1.05. The van der Waals surface area contributed by atoms with E-state index in [1.165, 1.54) is 0 Å². The lowest BCUT2D eigenvalue weighted by molar-refractivity contribution is -0.144. The third kappa shape index (κ3) is 4.70. The summed E-state index contributed by atoms with van der Waals surface area (Å²) in [5.74, 6) is -2.58. The number of hydrogen-bond donors (Lipinski definition) is 3. The van der Waals surface area contributed by atoms with E-state index in [9.17, 15) is 14.4 Å². The largest absolute Gasteiger partial charge is 0.481 e. The van der Waals surface area contributed by atoms with Gasteiger partial charge in [0.1, 0.15) is 12.1 Å². The van der Waals surface area contributed by atoms with Crippen molar-refractivity contribution in [3.63, 3.8) is 0 Å². The van der Waals surface area contributed by atoms with E-state index in [4.69, 9.17) is 14.9 Å². The number of carboxylic acids is 2. The van der Waals surface area contributed by atoms with Gasteiger partial charge in [-0.1, -0.05) is 0 Å². The van der Waals surface area contributed by atoms with Crippen molar-refractivity contribution in [2.75, 3.05) is 6.61 Å². The molecule has 0 spiro atoms. The van der Waals surface area contributed by atoms with Crippen LogP contribution in [0.25, 0.3) is 0 Å². The fourth-order valence-electron chi connectivity index (χ4n) is 1.76. The number of rotatable bonds is 7. The Hall–Kier alpha value is -1.63. The number of carboxylic acid groups (broad SMARTS) is 2. The van der Waals surface area contributed by atoms with Crippen molar-refractivity contribution in [3.05, 3.63) is 0 Å². The molecule has 0 aromatic rings. The number of ether oxygens (including phenoxy) is 1. The molecule has 18 heavy (non-hydrogen) atoms. The number of carbonyl (C=O) groups excluding carboxylic acids is 1. The van der Waals surface area contributed by atoms with Crippen molar-refractivity contribution in [1.82, 2.24) is 5.32 Å². The number of amides is 1. The number of hydrogen-bond acceptors (Lipinski definition) is 4. The van der Waals surface area contributed by atoms with E-state index in [1.54, 1.807) is 0 Å². The zero-order valence-electron chi connectivity index (χ0n) is 9.92. The molecule has 0 bridgehead atoms. The van der Waals surface area contributed by atoms with Gasteiger partial charge in [0, 0.05) is 13.0 Å². The Balaban J connectivity index is 2.39. The fraction of sp³-hybridized carbons (Fsp3) is 0.727. The highest BCUT2D eigenvalue weighted by molar-refractivity contribution is 5.86. The van der Waals surface area contributed by atoms with Crippen LogP contribution in [0, 0.1) is 0 Å². The Morgan fingerprint density at radius 1 is 1.33 bits per heavy atom. The summed E-state index contributed by atoms with van der Waals surface area (Å²) in [6.07, 6.45) is 0.992. The minimum absolute atomic E-state index is 0.0973. The predicted molar refractivity (Wildman–Crippen MR) is 60.0 cm³/mol. The minimum Gasteiger partial charge on any atom is -0.481 e. The molecule has 1 aliphatic rings. The average Bonchev–Trinajstić information content (AvgIpc) is 2.80. The molecular weight excluding hydrogens is 242 g/mol. The number of aliphatic carboxylic acids is 2. The van der Waals surface area contributed by atoms with Gasteiger partial charge in [0.05, 0.1) is 0 Å². The first-order valence-corrected chi connectivity index (χ1v) is 5.87. The van der Waals surface area contributed by atoms with E-state index in [0.29, 0.717) is 13.0 Å². The maximum Gasteiger partial charge on any atom is 0.326 e. The normalized spacial score (nSPS) is 20.3. The number of carbonyl (C=O) groups is 3. The van der Waals surface area contributed by atoms with Crippen LogP contribution in [0.3, 0.4) is 0 Å². The third-order valence-electron chi connectivity index (χ3n) is 2.72. The molecule has 1 aliphatic heterocycles. The molecule has 1 amide bonds. The van der Waals surface area contributed by atoms with E-state index in [2.05, 4.69) is 5.32 Å². The van der Waals surface area contributed by atoms with E-state index < -0.39 is 30.0 Å². The molecule has 1 fully saturated rings. The molecule has 3 N–H and O–H groups in total. The van der Waals surface area contributed by atoms with E-state index in [-0.39, 0.29) is 19.3 Å². The van der Waals surface area contributed by atoms with Gasteiger partial charge in [0.2, 0.25) is 5.91 Å². The molecule has 2 atom stereocenters. The zero-order valence-corrected chi connectivity index (χ0v) is 9.92. The van der Waals surface area contributed by atoms with Gasteiger partial charge in [-0.3, -0.25) is 9.59 Å². The standard InChI is InChI=1S/C11H17NO6/c13-9(14)5-1-3-7(11(16)17)12-10(15)8-4-2-6-18-8/h7-8H,1-6H2,(H,12,15)(H,13,14)(H,16,17)/t7-,8+/m1/s1. The molecule has 102 valence electrons. The average molecular weight is 259 g/mol. The van der Waals surface area contributed by atoms with Crippen LogP contribution in [0.5, 0.6) is 0 Å². The molecule has 7 nitrogen and oxygen atoms in total.